The molecule has 0 saturated heterocycles. The zero-order valence-corrected chi connectivity index (χ0v) is 17.0. The van der Waals surface area contributed by atoms with Gasteiger partial charge in [0.25, 0.3) is 5.91 Å². The Morgan fingerprint density at radius 1 is 0.966 bits per heavy atom. The van der Waals surface area contributed by atoms with E-state index in [1.165, 1.54) is 6.21 Å². The van der Waals surface area contributed by atoms with E-state index in [4.69, 9.17) is 9.47 Å². The summed E-state index contributed by atoms with van der Waals surface area (Å²) in [6, 6.07) is 20.5. The van der Waals surface area contributed by atoms with Gasteiger partial charge in [-0.1, -0.05) is 34.1 Å². The summed E-state index contributed by atoms with van der Waals surface area (Å²) in [5.41, 5.74) is 3.85. The normalized spacial score (nSPS) is 10.6. The molecule has 6 nitrogen and oxygen atoms in total. The standard InChI is InChI=1S/C22H17BrN2O4/c1-28-19-10-7-16(8-11-19)22(27)29-20-12-9-18(23)13-17(20)14-24-25-21(26)15-5-3-2-4-6-15/h2-14H,1H3,(H,25,26)/b24-14+. The van der Waals surface area contributed by atoms with Crippen molar-refractivity contribution >= 4 is 34.0 Å². The lowest BCUT2D eigenvalue weighted by molar-refractivity contribution is 0.0734. The highest BCUT2D eigenvalue weighted by molar-refractivity contribution is 9.10. The maximum Gasteiger partial charge on any atom is 0.343 e. The summed E-state index contributed by atoms with van der Waals surface area (Å²) in [5.74, 6) is 0.102. The lowest BCUT2D eigenvalue weighted by Crippen LogP contribution is -2.17. The van der Waals surface area contributed by atoms with Crippen LogP contribution in [0.4, 0.5) is 0 Å². The number of hydrogen-bond donors (Lipinski definition) is 1. The lowest BCUT2D eigenvalue weighted by atomic mass is 10.2. The lowest BCUT2D eigenvalue weighted by Gasteiger charge is -2.08. The Balaban J connectivity index is 1.73. The van der Waals surface area contributed by atoms with Crippen molar-refractivity contribution in [2.45, 2.75) is 0 Å². The Morgan fingerprint density at radius 2 is 1.69 bits per heavy atom. The van der Waals surface area contributed by atoms with Gasteiger partial charge in [0.05, 0.1) is 18.9 Å². The molecule has 7 heteroatoms. The highest BCUT2D eigenvalue weighted by atomic mass is 79.9. The van der Waals surface area contributed by atoms with Crippen LogP contribution in [0.1, 0.15) is 26.3 Å². The van der Waals surface area contributed by atoms with Gasteiger partial charge in [-0.15, -0.1) is 0 Å². The molecule has 0 atom stereocenters. The Kier molecular flexibility index (Phi) is 6.76. The molecule has 0 aliphatic carbocycles. The summed E-state index contributed by atoms with van der Waals surface area (Å²) < 4.78 is 11.4. The average molecular weight is 453 g/mol. The van der Waals surface area contributed by atoms with Gasteiger partial charge in [0.1, 0.15) is 11.5 Å². The highest BCUT2D eigenvalue weighted by Crippen LogP contribution is 2.23. The van der Waals surface area contributed by atoms with Crippen LogP contribution in [0.15, 0.2) is 82.4 Å². The summed E-state index contributed by atoms with van der Waals surface area (Å²) in [6.45, 7) is 0. The molecule has 146 valence electrons. The van der Waals surface area contributed by atoms with Crippen molar-refractivity contribution < 1.29 is 19.1 Å². The third-order valence-corrected chi connectivity index (χ3v) is 4.40. The Labute approximate surface area is 176 Å². The number of halogens is 1. The SMILES string of the molecule is COc1ccc(C(=O)Oc2ccc(Br)cc2/C=N/NC(=O)c2ccccc2)cc1. The Bertz CT molecular complexity index is 1030. The van der Waals surface area contributed by atoms with Gasteiger partial charge in [0.15, 0.2) is 0 Å². The van der Waals surface area contributed by atoms with E-state index in [0.717, 1.165) is 4.47 Å². The van der Waals surface area contributed by atoms with Gasteiger partial charge in [-0.05, 0) is 54.6 Å². The Morgan fingerprint density at radius 3 is 2.38 bits per heavy atom. The van der Waals surface area contributed by atoms with Crippen LogP contribution in [0.25, 0.3) is 0 Å². The number of esters is 1. The molecule has 0 saturated carbocycles. The van der Waals surface area contributed by atoms with E-state index < -0.39 is 5.97 Å². The number of hydrogen-bond acceptors (Lipinski definition) is 5. The fourth-order valence-electron chi connectivity index (χ4n) is 2.41. The number of carbonyl (C=O) groups excluding carboxylic acids is 2. The van der Waals surface area contributed by atoms with Crippen molar-refractivity contribution in [2.24, 2.45) is 5.10 Å². The topological polar surface area (TPSA) is 77.0 Å². The van der Waals surface area contributed by atoms with Crippen LogP contribution >= 0.6 is 15.9 Å². The number of hydrazone groups is 1. The summed E-state index contributed by atoms with van der Waals surface area (Å²) in [7, 11) is 1.55. The molecule has 1 N–H and O–H groups in total. The molecule has 0 aromatic heterocycles. The number of nitrogens with zero attached hydrogens (tertiary/aromatic N) is 1. The Hall–Kier alpha value is -3.45. The number of carbonyl (C=O) groups is 2. The van der Waals surface area contributed by atoms with Gasteiger partial charge < -0.3 is 9.47 Å². The van der Waals surface area contributed by atoms with E-state index in [0.29, 0.717) is 28.2 Å². The number of methoxy groups -OCH3 is 1. The van der Waals surface area contributed by atoms with Crippen LogP contribution < -0.4 is 14.9 Å². The molecule has 1 amide bonds. The highest BCUT2D eigenvalue weighted by Gasteiger charge is 2.12. The van der Waals surface area contributed by atoms with Crippen LogP contribution in [0, 0.1) is 0 Å². The second-order valence-corrected chi connectivity index (χ2v) is 6.78. The largest absolute Gasteiger partial charge is 0.497 e. The minimum Gasteiger partial charge on any atom is -0.497 e. The van der Waals surface area contributed by atoms with E-state index in [-0.39, 0.29) is 5.91 Å². The first-order chi connectivity index (χ1) is 14.1. The average Bonchev–Trinajstić information content (AvgIpc) is 2.76. The minimum absolute atomic E-state index is 0.312. The zero-order valence-electron chi connectivity index (χ0n) is 15.5. The summed E-state index contributed by atoms with van der Waals surface area (Å²) >= 11 is 3.38. The number of ether oxygens (including phenoxy) is 2. The molecule has 29 heavy (non-hydrogen) atoms. The molecule has 0 bridgehead atoms. The predicted octanol–water partition coefficient (Wildman–Crippen LogP) is 4.44. The smallest absolute Gasteiger partial charge is 0.343 e. The molecule has 0 spiro atoms. The second-order valence-electron chi connectivity index (χ2n) is 5.87. The molecule has 3 aromatic rings. The molecule has 0 aliphatic rings. The van der Waals surface area contributed by atoms with Gasteiger partial charge in [0, 0.05) is 15.6 Å². The maximum absolute atomic E-state index is 12.4. The molecule has 0 unspecified atom stereocenters. The van der Waals surface area contributed by atoms with E-state index in [9.17, 15) is 9.59 Å². The van der Waals surface area contributed by atoms with E-state index in [2.05, 4.69) is 26.5 Å². The molecule has 0 fully saturated rings. The van der Waals surface area contributed by atoms with Gasteiger partial charge in [-0.25, -0.2) is 10.2 Å². The first-order valence-electron chi connectivity index (χ1n) is 8.61. The molecule has 0 heterocycles. The van der Waals surface area contributed by atoms with Crippen LogP contribution in [-0.4, -0.2) is 25.2 Å². The van der Waals surface area contributed by atoms with Crippen molar-refractivity contribution in [1.29, 1.82) is 0 Å². The molecule has 0 aliphatic heterocycles. The first kappa shape index (κ1) is 20.3. The van der Waals surface area contributed by atoms with Crippen LogP contribution in [0.3, 0.4) is 0 Å². The molecular formula is C22H17BrN2O4. The van der Waals surface area contributed by atoms with Gasteiger partial charge in [-0.3, -0.25) is 4.79 Å². The number of benzene rings is 3. The fourth-order valence-corrected chi connectivity index (χ4v) is 2.79. The molecular weight excluding hydrogens is 436 g/mol. The number of nitrogens with one attached hydrogen (secondary N) is 1. The molecule has 3 rings (SSSR count). The number of rotatable bonds is 6. The van der Waals surface area contributed by atoms with Crippen molar-refractivity contribution in [2.75, 3.05) is 7.11 Å². The third kappa shape index (κ3) is 5.52. The van der Waals surface area contributed by atoms with Crippen LogP contribution in [0.5, 0.6) is 11.5 Å². The van der Waals surface area contributed by atoms with Gasteiger partial charge in [0.2, 0.25) is 0 Å². The van der Waals surface area contributed by atoms with E-state index >= 15 is 0 Å². The minimum atomic E-state index is -0.516. The van der Waals surface area contributed by atoms with Crippen LogP contribution in [-0.2, 0) is 0 Å². The fraction of sp³-hybridized carbons (Fsp3) is 0.0455. The van der Waals surface area contributed by atoms with Crippen molar-refractivity contribution in [3.63, 3.8) is 0 Å². The van der Waals surface area contributed by atoms with Gasteiger partial charge >= 0.3 is 5.97 Å². The summed E-state index contributed by atoms with van der Waals surface area (Å²) in [5, 5.41) is 3.97. The quantitative estimate of drug-likeness (QED) is 0.259. The first-order valence-corrected chi connectivity index (χ1v) is 9.40. The van der Waals surface area contributed by atoms with E-state index in [1.54, 1.807) is 73.8 Å². The predicted molar refractivity (Wildman–Crippen MR) is 114 cm³/mol. The van der Waals surface area contributed by atoms with Crippen molar-refractivity contribution in [1.82, 2.24) is 5.43 Å². The van der Waals surface area contributed by atoms with E-state index in [1.807, 2.05) is 6.07 Å². The molecule has 0 radical (unpaired) electrons. The van der Waals surface area contributed by atoms with Crippen molar-refractivity contribution in [3.05, 3.63) is 94.0 Å². The summed E-state index contributed by atoms with van der Waals surface area (Å²) in [4.78, 5) is 24.5. The van der Waals surface area contributed by atoms with Crippen LogP contribution in [0.2, 0.25) is 0 Å². The second kappa shape index (κ2) is 9.66. The summed E-state index contributed by atoms with van der Waals surface area (Å²) in [6.07, 6.45) is 1.42. The van der Waals surface area contributed by atoms with Crippen molar-refractivity contribution in [3.8, 4) is 11.5 Å². The third-order valence-electron chi connectivity index (χ3n) is 3.91. The number of amides is 1. The maximum atomic E-state index is 12.4. The van der Waals surface area contributed by atoms with Gasteiger partial charge in [-0.2, -0.15) is 5.10 Å². The molecule has 3 aromatic carbocycles. The zero-order chi connectivity index (χ0) is 20.6. The monoisotopic (exact) mass is 452 g/mol.